The highest BCUT2D eigenvalue weighted by atomic mass is 35.5. The molecule has 1 atom stereocenters. The van der Waals surface area contributed by atoms with Gasteiger partial charge in [0.25, 0.3) is 0 Å². The van der Waals surface area contributed by atoms with Crippen LogP contribution in [0.5, 0.6) is 0 Å². The van der Waals surface area contributed by atoms with E-state index < -0.39 is 0 Å². The molecule has 23 heavy (non-hydrogen) atoms. The minimum atomic E-state index is -0.0658. The maximum atomic E-state index is 12.3. The first-order valence-electron chi connectivity index (χ1n) is 8.85. The van der Waals surface area contributed by atoms with Crippen LogP contribution in [-0.2, 0) is 9.59 Å². The molecule has 2 rings (SSSR count). The first-order valence-corrected chi connectivity index (χ1v) is 8.85. The van der Waals surface area contributed by atoms with Gasteiger partial charge in [-0.15, -0.1) is 12.4 Å². The number of hydrogen-bond donors (Lipinski definition) is 2. The van der Waals surface area contributed by atoms with Gasteiger partial charge in [0.15, 0.2) is 0 Å². The molecule has 0 radical (unpaired) electrons. The molecule has 2 amide bonds. The molecule has 1 aliphatic carbocycles. The number of nitrogens with zero attached hydrogens (tertiary/aromatic N) is 1. The lowest BCUT2D eigenvalue weighted by Gasteiger charge is -2.32. The average Bonchev–Trinajstić information content (AvgIpc) is 2.55. The minimum Gasteiger partial charge on any atom is -0.353 e. The minimum absolute atomic E-state index is 0. The average molecular weight is 346 g/mol. The third-order valence-corrected chi connectivity index (χ3v) is 5.10. The van der Waals surface area contributed by atoms with Crippen LogP contribution < -0.4 is 10.6 Å². The Morgan fingerprint density at radius 3 is 2.26 bits per heavy atom. The highest BCUT2D eigenvalue weighted by Gasteiger charge is 2.25. The van der Waals surface area contributed by atoms with Crippen molar-refractivity contribution < 1.29 is 9.59 Å². The number of rotatable bonds is 5. The van der Waals surface area contributed by atoms with Crippen LogP contribution in [0.15, 0.2) is 0 Å². The molecule has 1 aliphatic heterocycles. The van der Waals surface area contributed by atoms with Crippen LogP contribution in [0.25, 0.3) is 0 Å². The molecule has 1 heterocycles. The third kappa shape index (κ3) is 6.30. The summed E-state index contributed by atoms with van der Waals surface area (Å²) < 4.78 is 0. The molecule has 5 nitrogen and oxygen atoms in total. The van der Waals surface area contributed by atoms with Gasteiger partial charge in [-0.3, -0.25) is 9.59 Å². The van der Waals surface area contributed by atoms with Crippen molar-refractivity contribution in [2.24, 2.45) is 5.92 Å². The van der Waals surface area contributed by atoms with Gasteiger partial charge in [-0.05, 0) is 39.7 Å². The summed E-state index contributed by atoms with van der Waals surface area (Å²) in [5.41, 5.74) is 0. The molecule has 6 heteroatoms. The first-order chi connectivity index (χ1) is 10.6. The quantitative estimate of drug-likeness (QED) is 0.802. The number of halogens is 1. The number of likely N-dealkylation sites (tertiary alicyclic amines) is 1. The van der Waals surface area contributed by atoms with Gasteiger partial charge in [-0.25, -0.2) is 0 Å². The number of carbonyl (C=O) groups is 2. The molecule has 1 saturated carbocycles. The molecule has 0 aromatic heterocycles. The van der Waals surface area contributed by atoms with Gasteiger partial charge in [0.2, 0.25) is 11.8 Å². The van der Waals surface area contributed by atoms with E-state index in [1.165, 1.54) is 6.42 Å². The van der Waals surface area contributed by atoms with E-state index in [2.05, 4.69) is 10.6 Å². The van der Waals surface area contributed by atoms with E-state index in [0.717, 1.165) is 51.6 Å². The lowest BCUT2D eigenvalue weighted by molar-refractivity contribution is -0.133. The molecular weight excluding hydrogens is 314 g/mol. The van der Waals surface area contributed by atoms with Crippen LogP contribution in [0, 0.1) is 5.92 Å². The van der Waals surface area contributed by atoms with Crippen molar-refractivity contribution in [1.29, 1.82) is 0 Å². The second-order valence-corrected chi connectivity index (χ2v) is 6.89. The molecule has 2 aliphatic rings. The molecule has 2 N–H and O–H groups in total. The summed E-state index contributed by atoms with van der Waals surface area (Å²) in [5, 5.41) is 6.31. The molecule has 0 aromatic rings. The predicted octanol–water partition coefficient (Wildman–Crippen LogP) is 2.09. The van der Waals surface area contributed by atoms with E-state index >= 15 is 0 Å². The molecule has 1 unspecified atom stereocenters. The van der Waals surface area contributed by atoms with Gasteiger partial charge < -0.3 is 15.5 Å². The smallest absolute Gasteiger partial charge is 0.224 e. The van der Waals surface area contributed by atoms with Crippen LogP contribution in [0.4, 0.5) is 0 Å². The van der Waals surface area contributed by atoms with Gasteiger partial charge >= 0.3 is 0 Å². The highest BCUT2D eigenvalue weighted by molar-refractivity contribution is 5.85. The molecule has 2 fully saturated rings. The van der Waals surface area contributed by atoms with Crippen molar-refractivity contribution in [2.75, 3.05) is 20.1 Å². The van der Waals surface area contributed by atoms with Crippen LogP contribution in [0.3, 0.4) is 0 Å². The van der Waals surface area contributed by atoms with Crippen molar-refractivity contribution in [1.82, 2.24) is 15.5 Å². The lowest BCUT2D eigenvalue weighted by Crippen LogP contribution is -2.46. The van der Waals surface area contributed by atoms with Gasteiger partial charge in [0.05, 0.1) is 0 Å². The van der Waals surface area contributed by atoms with Crippen molar-refractivity contribution >= 4 is 24.2 Å². The van der Waals surface area contributed by atoms with Crippen LogP contribution in [-0.4, -0.2) is 48.9 Å². The summed E-state index contributed by atoms with van der Waals surface area (Å²) in [6, 6.07) is 0.469. The predicted molar refractivity (Wildman–Crippen MR) is 94.7 cm³/mol. The Kier molecular flexibility index (Phi) is 8.92. The number of hydrogen-bond acceptors (Lipinski definition) is 3. The summed E-state index contributed by atoms with van der Waals surface area (Å²) in [4.78, 5) is 26.5. The zero-order valence-corrected chi connectivity index (χ0v) is 15.3. The normalized spacial score (nSPS) is 21.4. The summed E-state index contributed by atoms with van der Waals surface area (Å²) >= 11 is 0. The van der Waals surface area contributed by atoms with Crippen LogP contribution in [0.2, 0.25) is 0 Å². The lowest BCUT2D eigenvalue weighted by atomic mass is 9.88. The Labute approximate surface area is 146 Å². The Hall–Kier alpha value is -0.810. The Morgan fingerprint density at radius 2 is 1.70 bits per heavy atom. The Balaban J connectivity index is 0.00000264. The largest absolute Gasteiger partial charge is 0.353 e. The van der Waals surface area contributed by atoms with Gasteiger partial charge in [0, 0.05) is 37.5 Å². The first kappa shape index (κ1) is 20.2. The van der Waals surface area contributed by atoms with E-state index in [1.807, 2.05) is 18.9 Å². The van der Waals surface area contributed by atoms with Crippen LogP contribution in [0.1, 0.15) is 58.3 Å². The fourth-order valence-corrected chi connectivity index (χ4v) is 3.59. The second kappa shape index (κ2) is 10.1. The maximum Gasteiger partial charge on any atom is 0.224 e. The zero-order chi connectivity index (χ0) is 15.9. The number of nitrogens with one attached hydrogen (secondary N) is 2. The Morgan fingerprint density at radius 1 is 1.09 bits per heavy atom. The summed E-state index contributed by atoms with van der Waals surface area (Å²) in [7, 11) is 1.98. The number of piperidine rings is 1. The number of amides is 2. The fourth-order valence-electron chi connectivity index (χ4n) is 3.59. The van der Waals surface area contributed by atoms with Crippen molar-refractivity contribution in [3.05, 3.63) is 0 Å². The Bertz CT molecular complexity index is 378. The second-order valence-electron chi connectivity index (χ2n) is 6.89. The number of carbonyl (C=O) groups excluding carboxylic acids is 2. The molecule has 0 aromatic carbocycles. The monoisotopic (exact) mass is 345 g/mol. The maximum absolute atomic E-state index is 12.3. The van der Waals surface area contributed by atoms with Crippen LogP contribution >= 0.6 is 12.4 Å². The van der Waals surface area contributed by atoms with E-state index in [1.54, 1.807) is 0 Å². The van der Waals surface area contributed by atoms with Crippen molar-refractivity contribution in [3.63, 3.8) is 0 Å². The molecule has 134 valence electrons. The third-order valence-electron chi connectivity index (χ3n) is 5.10. The van der Waals surface area contributed by atoms with E-state index in [9.17, 15) is 9.59 Å². The highest BCUT2D eigenvalue weighted by Crippen LogP contribution is 2.23. The summed E-state index contributed by atoms with van der Waals surface area (Å²) in [6.07, 6.45) is 8.03. The van der Waals surface area contributed by atoms with Crippen molar-refractivity contribution in [3.8, 4) is 0 Å². The molecule has 0 spiro atoms. The summed E-state index contributed by atoms with van der Waals surface area (Å²) in [6.45, 7) is 3.60. The molecule has 0 bridgehead atoms. The SMILES string of the molecule is CNC1CCN(C(=O)CC(C)NC(=O)C2CCCCC2)CC1.Cl. The zero-order valence-electron chi connectivity index (χ0n) is 14.5. The van der Waals surface area contributed by atoms with Gasteiger partial charge in [-0.2, -0.15) is 0 Å². The topological polar surface area (TPSA) is 61.4 Å². The molecular formula is C17H32ClN3O2. The van der Waals surface area contributed by atoms with Gasteiger partial charge in [0.1, 0.15) is 0 Å². The van der Waals surface area contributed by atoms with Gasteiger partial charge in [-0.1, -0.05) is 19.3 Å². The van der Waals surface area contributed by atoms with E-state index in [0.29, 0.717) is 12.5 Å². The summed E-state index contributed by atoms with van der Waals surface area (Å²) in [5.74, 6) is 0.484. The fraction of sp³-hybridized carbons (Fsp3) is 0.882. The van der Waals surface area contributed by atoms with Crippen molar-refractivity contribution in [2.45, 2.75) is 70.4 Å². The van der Waals surface area contributed by atoms with E-state index in [-0.39, 0.29) is 36.2 Å². The van der Waals surface area contributed by atoms with E-state index in [4.69, 9.17) is 0 Å². The molecule has 1 saturated heterocycles. The standard InChI is InChI=1S/C17H31N3O2.ClH/c1-13(19-17(22)14-6-4-3-5-7-14)12-16(21)20-10-8-15(18-2)9-11-20;/h13-15,18H,3-12H2,1-2H3,(H,19,22);1H.